The van der Waals surface area contributed by atoms with E-state index in [1.807, 2.05) is 56.8 Å². The van der Waals surface area contributed by atoms with Crippen molar-refractivity contribution >= 4 is 39.7 Å². The summed E-state index contributed by atoms with van der Waals surface area (Å²) in [5, 5.41) is 8.87. The molecule has 1 amide bonds. The third-order valence-electron chi connectivity index (χ3n) is 7.52. The second-order valence-corrected chi connectivity index (χ2v) is 12.1. The molecule has 0 aliphatic carbocycles. The highest BCUT2D eigenvalue weighted by Crippen LogP contribution is 2.24. The van der Waals surface area contributed by atoms with Gasteiger partial charge in [-0.3, -0.25) is 9.48 Å². The lowest BCUT2D eigenvalue weighted by atomic mass is 10.2. The molecule has 1 aromatic carbocycles. The maximum atomic E-state index is 13.4. The van der Waals surface area contributed by atoms with E-state index < -0.39 is 5.60 Å². The van der Waals surface area contributed by atoms with Crippen LogP contribution in [0.1, 0.15) is 40.0 Å². The number of aryl methyl sites for hydroxylation is 1. The summed E-state index contributed by atoms with van der Waals surface area (Å²) in [7, 11) is 1.89. The van der Waals surface area contributed by atoms with Gasteiger partial charge in [0.15, 0.2) is 11.5 Å². The zero-order valence-corrected chi connectivity index (χ0v) is 25.9. The number of pyridine rings is 1. The van der Waals surface area contributed by atoms with Gasteiger partial charge in [-0.25, -0.2) is 19.1 Å². The van der Waals surface area contributed by atoms with Crippen LogP contribution in [-0.2, 0) is 18.3 Å². The molecular weight excluding hydrogens is 574 g/mol. The Kier molecular flexibility index (Phi) is 8.00. The summed E-state index contributed by atoms with van der Waals surface area (Å²) in [4.78, 5) is 41.7. The number of benzene rings is 1. The van der Waals surface area contributed by atoms with Crippen LogP contribution in [0, 0.1) is 0 Å². The quantitative estimate of drug-likeness (QED) is 0.253. The molecule has 1 fully saturated rings. The number of likely N-dealkylation sites (tertiary alicyclic amines) is 1. The Hall–Kier alpha value is -5.20. The van der Waals surface area contributed by atoms with Crippen molar-refractivity contribution in [1.29, 1.82) is 0 Å². The van der Waals surface area contributed by atoms with Crippen LogP contribution in [0.25, 0.3) is 27.8 Å². The van der Waals surface area contributed by atoms with Crippen LogP contribution in [0.4, 0.5) is 16.4 Å². The molecule has 0 bridgehead atoms. The first-order chi connectivity index (χ1) is 21.6. The fraction of sp³-hybridized carbons (Fsp3) is 0.375. The topological polar surface area (TPSA) is 134 Å². The van der Waals surface area contributed by atoms with Crippen LogP contribution in [-0.4, -0.2) is 69.9 Å². The average Bonchev–Trinajstić information content (AvgIpc) is 3.37. The highest BCUT2D eigenvalue weighted by Gasteiger charge is 2.26. The fourth-order valence-corrected chi connectivity index (χ4v) is 5.43. The standard InChI is InChI=1S/C32H37N9O4/c1-6-15-40-29(42)24-20-33-30(35-22-12-13-25-21(18-22)19-34-38(25)5)37-28(24)41(40)26-10-7-11-27(36-26)44-23-9-8-16-39(17-14-23)31(43)45-32(2,3)4/h6-7,10-13,18-20,23H,1,8-9,14-17H2,2-5H3,(H,33,35,37)/t23-/m0/s1. The number of fused-ring (bicyclic) bond motifs is 2. The number of rotatable bonds is 7. The number of nitrogens with zero attached hydrogens (tertiary/aromatic N) is 8. The van der Waals surface area contributed by atoms with Gasteiger partial charge in [0, 0.05) is 49.9 Å². The zero-order valence-electron chi connectivity index (χ0n) is 25.9. The molecule has 1 saturated heterocycles. The predicted octanol–water partition coefficient (Wildman–Crippen LogP) is 4.96. The van der Waals surface area contributed by atoms with E-state index in [1.165, 1.54) is 10.9 Å². The number of hydrogen-bond donors (Lipinski definition) is 1. The summed E-state index contributed by atoms with van der Waals surface area (Å²) in [6.07, 6.45) is 6.72. The summed E-state index contributed by atoms with van der Waals surface area (Å²) in [5.74, 6) is 1.21. The van der Waals surface area contributed by atoms with E-state index >= 15 is 0 Å². The van der Waals surface area contributed by atoms with Gasteiger partial charge in [-0.2, -0.15) is 15.1 Å². The molecule has 1 aliphatic rings. The number of carbonyl (C=O) groups is 1. The third-order valence-corrected chi connectivity index (χ3v) is 7.52. The van der Waals surface area contributed by atoms with Gasteiger partial charge < -0.3 is 19.7 Å². The summed E-state index contributed by atoms with van der Waals surface area (Å²) in [6, 6.07) is 11.3. The lowest BCUT2D eigenvalue weighted by Crippen LogP contribution is -2.37. The van der Waals surface area contributed by atoms with E-state index in [9.17, 15) is 9.59 Å². The van der Waals surface area contributed by atoms with Gasteiger partial charge in [-0.05, 0) is 57.9 Å². The molecular formula is C32H37N9O4. The lowest BCUT2D eigenvalue weighted by Gasteiger charge is -2.26. The molecule has 0 unspecified atom stereocenters. The minimum Gasteiger partial charge on any atom is -0.474 e. The fourth-order valence-electron chi connectivity index (χ4n) is 5.43. The smallest absolute Gasteiger partial charge is 0.410 e. The molecule has 0 spiro atoms. The van der Waals surface area contributed by atoms with Crippen LogP contribution < -0.4 is 15.6 Å². The van der Waals surface area contributed by atoms with Crippen LogP contribution in [0.2, 0.25) is 0 Å². The van der Waals surface area contributed by atoms with E-state index in [-0.39, 0.29) is 24.3 Å². The highest BCUT2D eigenvalue weighted by molar-refractivity contribution is 5.83. The van der Waals surface area contributed by atoms with Crippen LogP contribution in [0.15, 0.2) is 66.2 Å². The van der Waals surface area contributed by atoms with Crippen molar-refractivity contribution < 1.29 is 14.3 Å². The Morgan fingerprint density at radius 3 is 2.78 bits per heavy atom. The third kappa shape index (κ3) is 6.37. The van der Waals surface area contributed by atoms with Gasteiger partial charge in [-0.1, -0.05) is 12.1 Å². The van der Waals surface area contributed by atoms with Crippen molar-refractivity contribution in [3.63, 3.8) is 0 Å². The molecule has 45 heavy (non-hydrogen) atoms. The van der Waals surface area contributed by atoms with Crippen molar-refractivity contribution in [3.8, 4) is 11.7 Å². The van der Waals surface area contributed by atoms with Gasteiger partial charge >= 0.3 is 6.09 Å². The summed E-state index contributed by atoms with van der Waals surface area (Å²) >= 11 is 0. The van der Waals surface area contributed by atoms with E-state index in [4.69, 9.17) is 19.4 Å². The number of carbonyl (C=O) groups excluding carboxylic acids is 1. The van der Waals surface area contributed by atoms with Gasteiger partial charge in [0.05, 0.1) is 18.3 Å². The molecule has 4 aromatic heterocycles. The number of allylic oxidation sites excluding steroid dienone is 1. The molecule has 1 aliphatic heterocycles. The molecule has 234 valence electrons. The Bertz CT molecular complexity index is 1930. The summed E-state index contributed by atoms with van der Waals surface area (Å²) in [6.45, 7) is 10.8. The lowest BCUT2D eigenvalue weighted by molar-refractivity contribution is 0.0252. The number of nitrogens with one attached hydrogen (secondary N) is 1. The molecule has 1 atom stereocenters. The predicted molar refractivity (Wildman–Crippen MR) is 171 cm³/mol. The average molecular weight is 612 g/mol. The van der Waals surface area contributed by atoms with Gasteiger partial charge in [0.2, 0.25) is 11.8 Å². The van der Waals surface area contributed by atoms with Crippen molar-refractivity contribution in [3.05, 3.63) is 71.8 Å². The molecule has 1 N–H and O–H groups in total. The normalized spacial score (nSPS) is 15.6. The monoisotopic (exact) mass is 611 g/mol. The molecule has 0 saturated carbocycles. The van der Waals surface area contributed by atoms with Crippen LogP contribution in [0.5, 0.6) is 5.88 Å². The minimum absolute atomic E-state index is 0.132. The molecule has 0 radical (unpaired) electrons. The van der Waals surface area contributed by atoms with E-state index in [0.717, 1.165) is 29.4 Å². The Morgan fingerprint density at radius 1 is 1.13 bits per heavy atom. The number of aromatic nitrogens is 7. The van der Waals surface area contributed by atoms with Crippen LogP contribution >= 0.6 is 0 Å². The molecule has 13 nitrogen and oxygen atoms in total. The van der Waals surface area contributed by atoms with E-state index in [2.05, 4.69) is 22.0 Å². The highest BCUT2D eigenvalue weighted by atomic mass is 16.6. The van der Waals surface area contributed by atoms with Crippen molar-refractivity contribution in [2.24, 2.45) is 7.05 Å². The van der Waals surface area contributed by atoms with E-state index in [1.54, 1.807) is 34.0 Å². The molecule has 6 rings (SSSR count). The SMILES string of the molecule is C=CCn1c(=O)c2cnc(Nc3ccc4c(cnn4C)c3)nc2n1-c1cccc(O[C@H]2CCCN(C(=O)OC(C)(C)C)CC2)n1. The second-order valence-electron chi connectivity index (χ2n) is 12.1. The van der Waals surface area contributed by atoms with Crippen molar-refractivity contribution in [2.75, 3.05) is 18.4 Å². The number of anilines is 2. The Balaban J connectivity index is 1.27. The minimum atomic E-state index is -0.547. The first-order valence-corrected chi connectivity index (χ1v) is 15.0. The first kappa shape index (κ1) is 29.9. The number of ether oxygens (including phenoxy) is 2. The van der Waals surface area contributed by atoms with E-state index in [0.29, 0.717) is 48.2 Å². The van der Waals surface area contributed by atoms with Crippen LogP contribution in [0.3, 0.4) is 0 Å². The second kappa shape index (κ2) is 12.1. The van der Waals surface area contributed by atoms with Gasteiger partial charge in [0.25, 0.3) is 5.56 Å². The van der Waals surface area contributed by atoms with Gasteiger partial charge in [-0.15, -0.1) is 6.58 Å². The maximum Gasteiger partial charge on any atom is 0.410 e. The molecule has 5 aromatic rings. The zero-order chi connectivity index (χ0) is 31.7. The maximum absolute atomic E-state index is 13.4. The Labute approximate surface area is 260 Å². The number of amides is 1. The molecule has 5 heterocycles. The summed E-state index contributed by atoms with van der Waals surface area (Å²) < 4.78 is 16.9. The summed E-state index contributed by atoms with van der Waals surface area (Å²) in [5.41, 5.74) is 1.39. The largest absolute Gasteiger partial charge is 0.474 e. The first-order valence-electron chi connectivity index (χ1n) is 15.0. The number of hydrogen-bond acceptors (Lipinski definition) is 9. The Morgan fingerprint density at radius 2 is 1.98 bits per heavy atom. The van der Waals surface area contributed by atoms with Crippen molar-refractivity contribution in [2.45, 2.75) is 58.3 Å². The molecule has 13 heteroatoms. The van der Waals surface area contributed by atoms with Crippen molar-refractivity contribution in [1.82, 2.24) is 39.0 Å². The van der Waals surface area contributed by atoms with Gasteiger partial charge in [0.1, 0.15) is 17.1 Å².